The van der Waals surface area contributed by atoms with Crippen molar-refractivity contribution in [3.8, 4) is 28.5 Å². The number of amides is 1. The summed E-state index contributed by atoms with van der Waals surface area (Å²) < 4.78 is 18.8. The van der Waals surface area contributed by atoms with Crippen molar-refractivity contribution in [3.05, 3.63) is 111 Å². The molecule has 1 unspecified atom stereocenters. The first-order valence-electron chi connectivity index (χ1n) is 18.3. The number of benzene rings is 3. The van der Waals surface area contributed by atoms with E-state index in [1.54, 1.807) is 13.8 Å². The van der Waals surface area contributed by atoms with Gasteiger partial charge >= 0.3 is 0 Å². The van der Waals surface area contributed by atoms with Gasteiger partial charge in [0.15, 0.2) is 28.6 Å². The van der Waals surface area contributed by atoms with E-state index in [9.17, 15) is 14.7 Å². The van der Waals surface area contributed by atoms with E-state index >= 15 is 0 Å². The van der Waals surface area contributed by atoms with E-state index in [4.69, 9.17) is 41.8 Å². The number of nitrogens with zero attached hydrogens (tertiary/aromatic N) is 2. The van der Waals surface area contributed by atoms with E-state index in [1.165, 1.54) is 6.26 Å². The summed E-state index contributed by atoms with van der Waals surface area (Å²) in [6, 6.07) is 17.7. The van der Waals surface area contributed by atoms with Gasteiger partial charge in [-0.15, -0.1) is 0 Å². The van der Waals surface area contributed by atoms with Crippen molar-refractivity contribution in [1.29, 1.82) is 0 Å². The van der Waals surface area contributed by atoms with Crippen LogP contribution in [0.2, 0.25) is 5.15 Å². The molecule has 0 radical (unpaired) electrons. The number of allylic oxidation sites excluding steroid dienone is 1. The summed E-state index contributed by atoms with van der Waals surface area (Å²) in [7, 11) is 0. The van der Waals surface area contributed by atoms with E-state index < -0.39 is 18.1 Å². The lowest BCUT2D eigenvalue weighted by molar-refractivity contribution is -0.135. The number of aliphatic hydroxyl groups excluding tert-OH is 1. The highest BCUT2D eigenvalue weighted by Crippen LogP contribution is 2.54. The summed E-state index contributed by atoms with van der Waals surface area (Å²) in [5.41, 5.74) is 8.76. The third-order valence-corrected chi connectivity index (χ3v) is 11.6. The zero-order valence-electron chi connectivity index (χ0n) is 30.1. The van der Waals surface area contributed by atoms with Crippen LogP contribution in [0.5, 0.6) is 5.75 Å². The molecule has 1 amide bonds. The molecule has 10 nitrogen and oxygen atoms in total. The summed E-state index contributed by atoms with van der Waals surface area (Å²) in [5.74, 6) is -0.607. The number of aromatic nitrogens is 2. The summed E-state index contributed by atoms with van der Waals surface area (Å²) in [5, 5.41) is 18.2. The van der Waals surface area contributed by atoms with Gasteiger partial charge in [0.25, 0.3) is 5.89 Å². The van der Waals surface area contributed by atoms with Crippen LogP contribution in [0.1, 0.15) is 85.5 Å². The van der Waals surface area contributed by atoms with Gasteiger partial charge in [0, 0.05) is 46.2 Å². The summed E-state index contributed by atoms with van der Waals surface area (Å²) in [6.45, 7) is 7.45. The number of carbonyl (C=O) groups excluding carboxylic acids is 2. The number of fused-ring (bicyclic) bond motifs is 8. The molecule has 276 valence electrons. The molecule has 3 aliphatic heterocycles. The van der Waals surface area contributed by atoms with E-state index in [-0.39, 0.29) is 65.4 Å². The average Bonchev–Trinajstić information content (AvgIpc) is 3.96. The van der Waals surface area contributed by atoms with Gasteiger partial charge < -0.3 is 29.3 Å². The fourth-order valence-corrected chi connectivity index (χ4v) is 8.83. The van der Waals surface area contributed by atoms with E-state index in [0.717, 1.165) is 50.4 Å². The van der Waals surface area contributed by atoms with Crippen molar-refractivity contribution in [2.75, 3.05) is 5.32 Å². The molecule has 0 saturated heterocycles. The first-order valence-corrected chi connectivity index (χ1v) is 19.1. The largest absolute Gasteiger partial charge is 0.469 e. The average molecular weight is 766 g/mol. The van der Waals surface area contributed by atoms with Crippen LogP contribution in [0.15, 0.2) is 74.7 Å². The third-order valence-electron chi connectivity index (χ3n) is 11.0. The van der Waals surface area contributed by atoms with Crippen LogP contribution in [-0.2, 0) is 22.4 Å². The van der Waals surface area contributed by atoms with Crippen molar-refractivity contribution < 1.29 is 28.3 Å². The van der Waals surface area contributed by atoms with Gasteiger partial charge in [-0.2, -0.15) is 4.98 Å². The number of rotatable bonds is 5. The maximum Gasteiger partial charge on any atom is 0.250 e. The highest BCUT2D eigenvalue weighted by molar-refractivity contribution is 6.36. The van der Waals surface area contributed by atoms with Crippen molar-refractivity contribution in [1.82, 2.24) is 15.3 Å². The second-order valence-electron chi connectivity index (χ2n) is 15.3. The van der Waals surface area contributed by atoms with Crippen molar-refractivity contribution in [3.63, 3.8) is 0 Å². The number of halogens is 2. The predicted octanol–water partition coefficient (Wildman–Crippen LogP) is 8.44. The number of para-hydroxylation sites is 1. The molecule has 1 aliphatic carbocycles. The Labute approximate surface area is 321 Å². The number of ether oxygens (including phenoxy) is 1. The molecule has 3 N–H and O–H groups in total. The maximum absolute atomic E-state index is 14.2. The molecule has 0 saturated carbocycles. The van der Waals surface area contributed by atoms with E-state index in [1.807, 2.05) is 38.1 Å². The summed E-state index contributed by atoms with van der Waals surface area (Å²) in [6.07, 6.45) is 0.521. The molecule has 2 aromatic heterocycles. The normalized spacial score (nSPS) is 21.5. The molecule has 12 heteroatoms. The molecule has 5 heterocycles. The van der Waals surface area contributed by atoms with Crippen molar-refractivity contribution >= 4 is 46.2 Å². The molecule has 5 atom stereocenters. The molecule has 54 heavy (non-hydrogen) atoms. The lowest BCUT2D eigenvalue weighted by Crippen LogP contribution is -2.39. The summed E-state index contributed by atoms with van der Waals surface area (Å²) in [4.78, 5) is 36.8. The zero-order chi connectivity index (χ0) is 37.6. The van der Waals surface area contributed by atoms with Crippen molar-refractivity contribution in [2.24, 2.45) is 17.8 Å². The Morgan fingerprint density at radius 3 is 2.59 bits per heavy atom. The van der Waals surface area contributed by atoms with Gasteiger partial charge in [-0.1, -0.05) is 99.4 Å². The Morgan fingerprint density at radius 1 is 1.00 bits per heavy atom. The van der Waals surface area contributed by atoms with Crippen molar-refractivity contribution in [2.45, 2.75) is 71.2 Å². The SMILES string of the molecule is CC(C)[C@H](O)C(=O)C[C@H]1Cc2ccc3c(c2)C2c4cccc(c4N[C@H]2O3)-c2cccc3c2C(=C(Cl)C3)c2oc(nc2Cl)-c2coc(n2)[C@H](C(C)C)NC1=O. The molecule has 9 rings (SSSR count). The van der Waals surface area contributed by atoms with Crippen LogP contribution in [0.3, 0.4) is 0 Å². The lowest BCUT2D eigenvalue weighted by Gasteiger charge is -2.24. The molecule has 0 spiro atoms. The Balaban J connectivity index is 1.22. The lowest BCUT2D eigenvalue weighted by atomic mass is 9.86. The molecular formula is C42H38Cl2N4O6. The number of carbonyl (C=O) groups is 2. The number of oxazole rings is 2. The number of ketones is 1. The second kappa shape index (κ2) is 13.1. The molecule has 0 fully saturated rings. The Bertz CT molecular complexity index is 2400. The van der Waals surface area contributed by atoms with Crippen LogP contribution in [0.25, 0.3) is 28.3 Å². The molecular weight excluding hydrogens is 727 g/mol. The molecule has 5 aromatic rings. The quantitative estimate of drug-likeness (QED) is 0.161. The van der Waals surface area contributed by atoms with E-state index in [2.05, 4.69) is 45.9 Å². The Kier molecular flexibility index (Phi) is 8.48. The number of hydrogen-bond donors (Lipinski definition) is 3. The van der Waals surface area contributed by atoms with Gasteiger partial charge in [-0.3, -0.25) is 9.59 Å². The highest BCUT2D eigenvalue weighted by Gasteiger charge is 2.44. The Morgan fingerprint density at radius 2 is 1.80 bits per heavy atom. The monoisotopic (exact) mass is 764 g/mol. The predicted molar refractivity (Wildman–Crippen MR) is 204 cm³/mol. The van der Waals surface area contributed by atoms with Crippen LogP contribution in [0, 0.1) is 17.8 Å². The van der Waals surface area contributed by atoms with Gasteiger partial charge in [0.2, 0.25) is 11.8 Å². The topological polar surface area (TPSA) is 140 Å². The van der Waals surface area contributed by atoms with Gasteiger partial charge in [0.1, 0.15) is 24.2 Å². The number of Topliss-reactive ketones (excluding diaryl/α,β-unsaturated/α-hetero) is 1. The standard InChI is InChI=1S/C42H38Cl2N4O6/c1-18(2)34-42-45-28(17-52-42)40-48-38(44)37(54-40)33-27(43)15-21-7-5-8-23(31(21)33)24-9-6-10-25-32-26-14-20(11-12-30(26)53-41(32)47-35(24)25)13-22(39(51)46-34)16-29(49)36(50)19(3)4/h5-12,14,17-19,22,32,34,36,41,47,50H,13,15-16H2,1-4H3,(H,46,51)/t22-,32?,34+,36+,41+/m1/s1. The zero-order valence-corrected chi connectivity index (χ0v) is 31.6. The first-order chi connectivity index (χ1) is 26.0. The number of anilines is 1. The fraction of sp³-hybridized carbons (Fsp3) is 0.333. The highest BCUT2D eigenvalue weighted by atomic mass is 35.5. The van der Waals surface area contributed by atoms with Gasteiger partial charge in [-0.25, -0.2) is 4.98 Å². The number of nitrogens with one attached hydrogen (secondary N) is 2. The van der Waals surface area contributed by atoms with Crippen LogP contribution >= 0.6 is 23.2 Å². The van der Waals surface area contributed by atoms with Crippen LogP contribution in [-0.4, -0.2) is 39.1 Å². The van der Waals surface area contributed by atoms with E-state index in [0.29, 0.717) is 28.5 Å². The minimum absolute atomic E-state index is 0.119. The molecule has 3 aromatic carbocycles. The molecule has 4 aliphatic rings. The minimum Gasteiger partial charge on any atom is -0.469 e. The fourth-order valence-electron chi connectivity index (χ4n) is 8.29. The van der Waals surface area contributed by atoms with Crippen LogP contribution in [0.4, 0.5) is 5.69 Å². The minimum atomic E-state index is -1.19. The van der Waals surface area contributed by atoms with Gasteiger partial charge in [0.05, 0.1) is 5.92 Å². The summed E-state index contributed by atoms with van der Waals surface area (Å²) >= 11 is 13.9. The second-order valence-corrected chi connectivity index (χ2v) is 16.1. The smallest absolute Gasteiger partial charge is 0.250 e. The Hall–Kier alpha value is -4.90. The molecule has 10 bridgehead atoms. The maximum atomic E-state index is 14.2. The third kappa shape index (κ3) is 5.65. The first kappa shape index (κ1) is 34.8. The number of hydrogen-bond acceptors (Lipinski definition) is 9. The van der Waals surface area contributed by atoms with Crippen LogP contribution < -0.4 is 15.4 Å². The number of aliphatic hydroxyl groups is 1. The van der Waals surface area contributed by atoms with Gasteiger partial charge in [-0.05, 0) is 52.1 Å².